The van der Waals surface area contributed by atoms with E-state index in [2.05, 4.69) is 15.5 Å². The van der Waals surface area contributed by atoms with Crippen LogP contribution in [-0.4, -0.2) is 36.0 Å². The lowest BCUT2D eigenvalue weighted by molar-refractivity contribution is 0.360. The predicted octanol–water partition coefficient (Wildman–Crippen LogP) is 3.68. The standard InChI is InChI=1S/C19H24N4O3S2/c1-4-23(5-2)28(24,25)16-10-8-15(9-11-16)14(3)20-13-18-21-19(22-26-18)17-7-6-12-27-17/h6-12,14,20H,4-5,13H2,1-3H3. The van der Waals surface area contributed by atoms with Crippen LogP contribution >= 0.6 is 11.3 Å². The lowest BCUT2D eigenvalue weighted by Gasteiger charge is -2.19. The Kier molecular flexibility index (Phi) is 6.61. The van der Waals surface area contributed by atoms with Gasteiger partial charge in [0.05, 0.1) is 16.3 Å². The van der Waals surface area contributed by atoms with E-state index >= 15 is 0 Å². The Morgan fingerprint density at radius 2 is 1.89 bits per heavy atom. The fourth-order valence-electron chi connectivity index (χ4n) is 2.83. The number of nitrogens with one attached hydrogen (secondary N) is 1. The van der Waals surface area contributed by atoms with Gasteiger partial charge in [0.1, 0.15) is 0 Å². The first-order valence-corrected chi connectivity index (χ1v) is 11.5. The Hall–Kier alpha value is -2.07. The Labute approximate surface area is 169 Å². The quantitative estimate of drug-likeness (QED) is 0.568. The molecule has 0 aliphatic heterocycles. The van der Waals surface area contributed by atoms with Crippen LogP contribution in [0, 0.1) is 0 Å². The van der Waals surface area contributed by atoms with Crippen LogP contribution in [0.1, 0.15) is 38.3 Å². The van der Waals surface area contributed by atoms with Crippen LogP contribution in [0.15, 0.2) is 51.2 Å². The molecule has 1 aromatic carbocycles. The first kappa shape index (κ1) is 20.7. The molecule has 1 N–H and O–H groups in total. The summed E-state index contributed by atoms with van der Waals surface area (Å²) in [5.74, 6) is 1.10. The average Bonchev–Trinajstić information content (AvgIpc) is 3.38. The third kappa shape index (κ3) is 4.49. The SMILES string of the molecule is CCN(CC)S(=O)(=O)c1ccc(C(C)NCc2nc(-c3cccs3)no2)cc1. The van der Waals surface area contributed by atoms with Crippen molar-refractivity contribution in [2.24, 2.45) is 0 Å². The highest BCUT2D eigenvalue weighted by molar-refractivity contribution is 7.89. The zero-order chi connectivity index (χ0) is 20.1. The monoisotopic (exact) mass is 420 g/mol. The number of aromatic nitrogens is 2. The van der Waals surface area contributed by atoms with Gasteiger partial charge in [0, 0.05) is 19.1 Å². The molecule has 0 saturated heterocycles. The molecule has 0 saturated carbocycles. The molecule has 150 valence electrons. The van der Waals surface area contributed by atoms with Crippen molar-refractivity contribution >= 4 is 21.4 Å². The van der Waals surface area contributed by atoms with Crippen molar-refractivity contribution in [3.8, 4) is 10.7 Å². The smallest absolute Gasteiger partial charge is 0.243 e. The van der Waals surface area contributed by atoms with E-state index in [1.165, 1.54) is 4.31 Å². The lowest BCUT2D eigenvalue weighted by Crippen LogP contribution is -2.30. The van der Waals surface area contributed by atoms with Gasteiger partial charge in [-0.05, 0) is 36.1 Å². The van der Waals surface area contributed by atoms with Gasteiger partial charge in [-0.2, -0.15) is 9.29 Å². The van der Waals surface area contributed by atoms with Crippen molar-refractivity contribution in [1.82, 2.24) is 19.8 Å². The summed E-state index contributed by atoms with van der Waals surface area (Å²) in [7, 11) is -3.44. The average molecular weight is 421 g/mol. The molecule has 9 heteroatoms. The third-order valence-corrected chi connectivity index (χ3v) is 7.42. The molecule has 0 spiro atoms. The van der Waals surface area contributed by atoms with E-state index in [0.29, 0.717) is 36.2 Å². The molecule has 0 amide bonds. The van der Waals surface area contributed by atoms with Gasteiger partial charge < -0.3 is 9.84 Å². The summed E-state index contributed by atoms with van der Waals surface area (Å²) >= 11 is 1.56. The molecule has 0 radical (unpaired) electrons. The van der Waals surface area contributed by atoms with Crippen LogP contribution in [0.3, 0.4) is 0 Å². The molecule has 0 bridgehead atoms. The van der Waals surface area contributed by atoms with E-state index in [1.54, 1.807) is 23.5 Å². The molecular weight excluding hydrogens is 396 g/mol. The minimum Gasteiger partial charge on any atom is -0.338 e. The van der Waals surface area contributed by atoms with Crippen LogP contribution in [0.2, 0.25) is 0 Å². The molecule has 3 aromatic rings. The van der Waals surface area contributed by atoms with Gasteiger partial charge in [0.2, 0.25) is 21.7 Å². The molecule has 1 atom stereocenters. The van der Waals surface area contributed by atoms with Crippen LogP contribution in [-0.2, 0) is 16.6 Å². The van der Waals surface area contributed by atoms with Gasteiger partial charge in [-0.25, -0.2) is 8.42 Å². The number of hydrogen-bond acceptors (Lipinski definition) is 7. The van der Waals surface area contributed by atoms with Crippen LogP contribution in [0.4, 0.5) is 0 Å². The fraction of sp³-hybridized carbons (Fsp3) is 0.368. The van der Waals surface area contributed by atoms with Gasteiger partial charge in [-0.15, -0.1) is 11.3 Å². The predicted molar refractivity (Wildman–Crippen MR) is 109 cm³/mol. The molecule has 1 unspecified atom stereocenters. The number of benzene rings is 1. The first-order chi connectivity index (χ1) is 13.5. The van der Waals surface area contributed by atoms with Crippen LogP contribution < -0.4 is 5.32 Å². The molecule has 2 heterocycles. The van der Waals surface area contributed by atoms with Crippen molar-refractivity contribution in [3.63, 3.8) is 0 Å². The van der Waals surface area contributed by atoms with Gasteiger partial charge in [-0.3, -0.25) is 0 Å². The number of thiophene rings is 1. The highest BCUT2D eigenvalue weighted by Gasteiger charge is 2.21. The Bertz CT molecular complexity index is 979. The van der Waals surface area contributed by atoms with Gasteiger partial charge in [0.25, 0.3) is 0 Å². The van der Waals surface area contributed by atoms with E-state index in [-0.39, 0.29) is 6.04 Å². The molecule has 0 aliphatic carbocycles. The minimum absolute atomic E-state index is 0.00213. The Balaban J connectivity index is 1.63. The van der Waals surface area contributed by atoms with Gasteiger partial charge in [0.15, 0.2) is 0 Å². The van der Waals surface area contributed by atoms with Crippen molar-refractivity contribution in [2.45, 2.75) is 38.3 Å². The van der Waals surface area contributed by atoms with Crippen molar-refractivity contribution in [2.75, 3.05) is 13.1 Å². The summed E-state index contributed by atoms with van der Waals surface area (Å²) in [5.41, 5.74) is 0.983. The highest BCUT2D eigenvalue weighted by atomic mass is 32.2. The van der Waals surface area contributed by atoms with Crippen LogP contribution in [0.25, 0.3) is 10.7 Å². The number of sulfonamides is 1. The summed E-state index contributed by atoms with van der Waals surface area (Å²) in [4.78, 5) is 5.66. The number of hydrogen-bond donors (Lipinski definition) is 1. The fourth-order valence-corrected chi connectivity index (χ4v) is 4.94. The summed E-state index contributed by atoms with van der Waals surface area (Å²) in [6, 6.07) is 10.9. The molecule has 0 aliphatic rings. The summed E-state index contributed by atoms with van der Waals surface area (Å²) in [6.45, 7) is 7.02. The number of nitrogens with zero attached hydrogens (tertiary/aromatic N) is 3. The third-order valence-electron chi connectivity index (χ3n) is 4.49. The first-order valence-electron chi connectivity index (χ1n) is 9.15. The second kappa shape index (κ2) is 8.95. The summed E-state index contributed by atoms with van der Waals surface area (Å²) < 4.78 is 31.9. The van der Waals surface area contributed by atoms with Crippen LogP contribution in [0.5, 0.6) is 0 Å². The largest absolute Gasteiger partial charge is 0.338 e. The minimum atomic E-state index is -3.44. The zero-order valence-electron chi connectivity index (χ0n) is 16.1. The summed E-state index contributed by atoms with van der Waals surface area (Å²) in [6.07, 6.45) is 0. The molecule has 2 aromatic heterocycles. The molecular formula is C19H24N4O3S2. The topological polar surface area (TPSA) is 88.3 Å². The Morgan fingerprint density at radius 3 is 2.50 bits per heavy atom. The van der Waals surface area contributed by atoms with E-state index in [1.807, 2.05) is 50.4 Å². The van der Waals surface area contributed by atoms with Crippen molar-refractivity contribution in [1.29, 1.82) is 0 Å². The maximum absolute atomic E-state index is 12.6. The normalized spacial score (nSPS) is 13.1. The molecule has 3 rings (SSSR count). The second-order valence-electron chi connectivity index (χ2n) is 6.25. The van der Waals surface area contributed by atoms with E-state index in [4.69, 9.17) is 4.52 Å². The molecule has 7 nitrogen and oxygen atoms in total. The molecule has 0 fully saturated rings. The molecule has 28 heavy (non-hydrogen) atoms. The maximum atomic E-state index is 12.6. The van der Waals surface area contributed by atoms with Crippen molar-refractivity contribution in [3.05, 3.63) is 53.2 Å². The van der Waals surface area contributed by atoms with E-state index in [9.17, 15) is 8.42 Å². The van der Waals surface area contributed by atoms with Gasteiger partial charge in [-0.1, -0.05) is 37.2 Å². The Morgan fingerprint density at radius 1 is 1.18 bits per heavy atom. The van der Waals surface area contributed by atoms with Crippen molar-refractivity contribution < 1.29 is 12.9 Å². The van der Waals surface area contributed by atoms with E-state index in [0.717, 1.165) is 10.4 Å². The lowest BCUT2D eigenvalue weighted by atomic mass is 10.1. The summed E-state index contributed by atoms with van der Waals surface area (Å²) in [5, 5.41) is 9.29. The highest BCUT2D eigenvalue weighted by Crippen LogP contribution is 2.22. The second-order valence-corrected chi connectivity index (χ2v) is 9.14. The zero-order valence-corrected chi connectivity index (χ0v) is 17.8. The van der Waals surface area contributed by atoms with E-state index < -0.39 is 10.0 Å². The van der Waals surface area contributed by atoms with Gasteiger partial charge >= 0.3 is 0 Å². The maximum Gasteiger partial charge on any atom is 0.243 e. The number of rotatable bonds is 9.